The van der Waals surface area contributed by atoms with E-state index in [-0.39, 0.29) is 33.6 Å². The summed E-state index contributed by atoms with van der Waals surface area (Å²) in [5.41, 5.74) is 1.90. The Morgan fingerprint density at radius 1 is 0.857 bits per heavy atom. The van der Waals surface area contributed by atoms with Gasteiger partial charge < -0.3 is 5.32 Å². The maximum absolute atomic E-state index is 13.0. The van der Waals surface area contributed by atoms with Gasteiger partial charge in [-0.25, -0.2) is 8.42 Å². The highest BCUT2D eigenvalue weighted by Gasteiger charge is 2.31. The van der Waals surface area contributed by atoms with E-state index in [1.807, 2.05) is 6.92 Å². The standard InChI is InChI=1S/C27H24N2O5S/c1-17-6-4-5-15-29(17)35(33,34)20-12-9-18(10-13-20)27(32)28-19-11-14-23-24(16-19)26(31)22-8-3-2-7-21(22)25(23)30/h2-3,7-14,16-17H,4-6,15H2,1H3,(H,28,32)/t17-/m1/s1. The van der Waals surface area contributed by atoms with Crippen LogP contribution in [-0.4, -0.2) is 42.8 Å². The minimum atomic E-state index is -3.63. The van der Waals surface area contributed by atoms with E-state index in [4.69, 9.17) is 0 Å². The number of anilines is 1. The van der Waals surface area contributed by atoms with Crippen LogP contribution in [0, 0.1) is 0 Å². The number of benzene rings is 3. The zero-order valence-electron chi connectivity index (χ0n) is 19.2. The van der Waals surface area contributed by atoms with Gasteiger partial charge in [-0.2, -0.15) is 4.31 Å². The lowest BCUT2D eigenvalue weighted by molar-refractivity contribution is 0.0979. The molecule has 0 bridgehead atoms. The van der Waals surface area contributed by atoms with Gasteiger partial charge in [-0.05, 0) is 62.2 Å². The van der Waals surface area contributed by atoms with Crippen molar-refractivity contribution in [1.29, 1.82) is 0 Å². The van der Waals surface area contributed by atoms with E-state index in [1.54, 1.807) is 30.3 Å². The third kappa shape index (κ3) is 4.09. The van der Waals surface area contributed by atoms with Gasteiger partial charge in [0.1, 0.15) is 0 Å². The van der Waals surface area contributed by atoms with Crippen molar-refractivity contribution < 1.29 is 22.8 Å². The van der Waals surface area contributed by atoms with Crippen molar-refractivity contribution in [2.45, 2.75) is 37.1 Å². The topological polar surface area (TPSA) is 101 Å². The quantitative estimate of drug-likeness (QED) is 0.462. The molecule has 2 aliphatic rings. The monoisotopic (exact) mass is 488 g/mol. The molecule has 178 valence electrons. The first-order chi connectivity index (χ1) is 16.8. The third-order valence-electron chi connectivity index (χ3n) is 6.65. The van der Waals surface area contributed by atoms with E-state index in [0.717, 1.165) is 19.3 Å². The second kappa shape index (κ2) is 8.87. The molecule has 0 spiro atoms. The largest absolute Gasteiger partial charge is 0.322 e. The number of amides is 1. The number of piperidine rings is 1. The van der Waals surface area contributed by atoms with Crippen molar-refractivity contribution in [2.24, 2.45) is 0 Å². The summed E-state index contributed by atoms with van der Waals surface area (Å²) < 4.78 is 27.6. The summed E-state index contributed by atoms with van der Waals surface area (Å²) in [7, 11) is -3.63. The highest BCUT2D eigenvalue weighted by molar-refractivity contribution is 7.89. The zero-order valence-corrected chi connectivity index (χ0v) is 20.0. The van der Waals surface area contributed by atoms with Crippen LogP contribution in [0.4, 0.5) is 5.69 Å². The van der Waals surface area contributed by atoms with Gasteiger partial charge in [-0.3, -0.25) is 14.4 Å². The molecule has 1 fully saturated rings. The Labute approximate surface area is 203 Å². The number of hydrogen-bond donors (Lipinski definition) is 1. The molecule has 1 N–H and O–H groups in total. The first kappa shape index (κ1) is 23.1. The predicted octanol–water partition coefficient (Wildman–Crippen LogP) is 4.28. The molecule has 0 aromatic heterocycles. The van der Waals surface area contributed by atoms with E-state index >= 15 is 0 Å². The average Bonchev–Trinajstić information content (AvgIpc) is 2.87. The smallest absolute Gasteiger partial charge is 0.255 e. The number of rotatable bonds is 4. The molecule has 1 saturated heterocycles. The molecule has 1 aliphatic carbocycles. The molecule has 5 rings (SSSR count). The zero-order chi connectivity index (χ0) is 24.7. The third-order valence-corrected chi connectivity index (χ3v) is 8.68. The average molecular weight is 489 g/mol. The van der Waals surface area contributed by atoms with E-state index in [1.165, 1.54) is 40.7 Å². The van der Waals surface area contributed by atoms with Gasteiger partial charge in [0.2, 0.25) is 10.0 Å². The molecule has 0 saturated carbocycles. The second-order valence-corrected chi connectivity index (χ2v) is 10.8. The molecule has 8 heteroatoms. The molecule has 0 unspecified atom stereocenters. The van der Waals surface area contributed by atoms with E-state index in [2.05, 4.69) is 5.32 Å². The van der Waals surface area contributed by atoms with Crippen LogP contribution < -0.4 is 5.32 Å². The molecular formula is C27H24N2O5S. The molecule has 35 heavy (non-hydrogen) atoms. The molecule has 7 nitrogen and oxygen atoms in total. The molecule has 1 atom stereocenters. The highest BCUT2D eigenvalue weighted by atomic mass is 32.2. The number of nitrogens with zero attached hydrogens (tertiary/aromatic N) is 1. The number of carbonyl (C=O) groups excluding carboxylic acids is 3. The Hall–Kier alpha value is -3.62. The molecule has 0 radical (unpaired) electrons. The minimum absolute atomic E-state index is 0.0534. The number of hydrogen-bond acceptors (Lipinski definition) is 5. The molecule has 3 aromatic carbocycles. The Bertz CT molecular complexity index is 1460. The number of nitrogens with one attached hydrogen (secondary N) is 1. The summed E-state index contributed by atoms with van der Waals surface area (Å²) in [6.45, 7) is 2.41. The van der Waals surface area contributed by atoms with Gasteiger partial charge in [0.15, 0.2) is 11.6 Å². The Morgan fingerprint density at radius 3 is 2.14 bits per heavy atom. The fraction of sp³-hybridized carbons (Fsp3) is 0.222. The maximum Gasteiger partial charge on any atom is 0.255 e. The van der Waals surface area contributed by atoms with Crippen molar-refractivity contribution in [3.63, 3.8) is 0 Å². The minimum Gasteiger partial charge on any atom is -0.322 e. The van der Waals surface area contributed by atoms with E-state index < -0.39 is 15.9 Å². The van der Waals surface area contributed by atoms with Crippen molar-refractivity contribution in [1.82, 2.24) is 4.31 Å². The fourth-order valence-electron chi connectivity index (χ4n) is 4.72. The summed E-state index contributed by atoms with van der Waals surface area (Å²) in [4.78, 5) is 38.7. The van der Waals surface area contributed by atoms with Gasteiger partial charge in [0.05, 0.1) is 4.90 Å². The van der Waals surface area contributed by atoms with Crippen LogP contribution in [0.25, 0.3) is 0 Å². The first-order valence-electron chi connectivity index (χ1n) is 11.5. The molecular weight excluding hydrogens is 464 g/mol. The molecule has 3 aromatic rings. The number of carbonyl (C=O) groups is 3. The van der Waals surface area contributed by atoms with E-state index in [9.17, 15) is 22.8 Å². The molecule has 1 aliphatic heterocycles. The summed E-state index contributed by atoms with van der Waals surface area (Å²) in [5.74, 6) is -0.948. The Kier molecular flexibility index (Phi) is 5.86. The van der Waals surface area contributed by atoms with E-state index in [0.29, 0.717) is 28.9 Å². The van der Waals surface area contributed by atoms with Crippen LogP contribution in [-0.2, 0) is 10.0 Å². The SMILES string of the molecule is C[C@@H]1CCCCN1S(=O)(=O)c1ccc(C(=O)Nc2ccc3c(c2)C(=O)c2ccccc2C3=O)cc1. The van der Waals surface area contributed by atoms with Crippen LogP contribution in [0.15, 0.2) is 71.6 Å². The number of ketones is 2. The van der Waals surface area contributed by atoms with Crippen molar-refractivity contribution in [3.05, 3.63) is 94.5 Å². The predicted molar refractivity (Wildman–Crippen MR) is 131 cm³/mol. The summed E-state index contributed by atoms with van der Waals surface area (Å²) >= 11 is 0. The van der Waals surface area contributed by atoms with Crippen LogP contribution in [0.2, 0.25) is 0 Å². The Balaban J connectivity index is 1.35. The van der Waals surface area contributed by atoms with Crippen LogP contribution >= 0.6 is 0 Å². The fourth-order valence-corrected chi connectivity index (χ4v) is 6.42. The van der Waals surface area contributed by atoms with Gasteiger partial charge in [0.25, 0.3) is 5.91 Å². The van der Waals surface area contributed by atoms with Gasteiger partial charge in [-0.1, -0.05) is 30.7 Å². The lowest BCUT2D eigenvalue weighted by Crippen LogP contribution is -2.41. The number of sulfonamides is 1. The van der Waals surface area contributed by atoms with Crippen LogP contribution in [0.3, 0.4) is 0 Å². The van der Waals surface area contributed by atoms with Crippen LogP contribution in [0.1, 0.15) is 68.4 Å². The van der Waals surface area contributed by atoms with Crippen molar-refractivity contribution in [2.75, 3.05) is 11.9 Å². The lowest BCUT2D eigenvalue weighted by Gasteiger charge is -2.32. The molecule has 1 amide bonds. The summed E-state index contributed by atoms with van der Waals surface area (Å²) in [5, 5.41) is 2.73. The first-order valence-corrected chi connectivity index (χ1v) is 13.0. The highest BCUT2D eigenvalue weighted by Crippen LogP contribution is 2.29. The van der Waals surface area contributed by atoms with Gasteiger partial charge in [0, 0.05) is 46.1 Å². The van der Waals surface area contributed by atoms with Gasteiger partial charge in [-0.15, -0.1) is 0 Å². The van der Waals surface area contributed by atoms with Gasteiger partial charge >= 0.3 is 0 Å². The second-order valence-electron chi connectivity index (χ2n) is 8.90. The van der Waals surface area contributed by atoms with Crippen LogP contribution in [0.5, 0.6) is 0 Å². The van der Waals surface area contributed by atoms with Crippen molar-refractivity contribution in [3.8, 4) is 0 Å². The molecule has 1 heterocycles. The summed E-state index contributed by atoms with van der Waals surface area (Å²) in [6.07, 6.45) is 2.69. The maximum atomic E-state index is 13.0. The number of fused-ring (bicyclic) bond motifs is 2. The van der Waals surface area contributed by atoms with Crippen molar-refractivity contribution >= 4 is 33.2 Å². The Morgan fingerprint density at radius 2 is 1.49 bits per heavy atom. The summed E-state index contributed by atoms with van der Waals surface area (Å²) in [6, 6.07) is 17.1. The normalized spacial score (nSPS) is 18.0. The lowest BCUT2D eigenvalue weighted by atomic mass is 9.84.